The summed E-state index contributed by atoms with van der Waals surface area (Å²) in [6, 6.07) is 7.13. The highest BCUT2D eigenvalue weighted by molar-refractivity contribution is 6.30. The van der Waals surface area contributed by atoms with Crippen LogP contribution < -0.4 is 5.32 Å². The van der Waals surface area contributed by atoms with E-state index < -0.39 is 0 Å². The minimum Gasteiger partial charge on any atom is -0.349 e. The van der Waals surface area contributed by atoms with Crippen LogP contribution in [0.15, 0.2) is 30.6 Å². The summed E-state index contributed by atoms with van der Waals surface area (Å²) in [5.74, 6) is 1.69. The van der Waals surface area contributed by atoms with Gasteiger partial charge in [0, 0.05) is 29.6 Å². The van der Waals surface area contributed by atoms with Gasteiger partial charge in [0.1, 0.15) is 11.5 Å². The quantitative estimate of drug-likeness (QED) is 0.702. The predicted molar refractivity (Wildman–Crippen MR) is 107 cm³/mol. The molecule has 2 N–H and O–H groups in total. The summed E-state index contributed by atoms with van der Waals surface area (Å²) in [6.45, 7) is 1.95. The van der Waals surface area contributed by atoms with E-state index in [1.807, 2.05) is 18.5 Å². The topological polar surface area (TPSA) is 88.5 Å². The Balaban J connectivity index is 1.45. The van der Waals surface area contributed by atoms with Crippen molar-refractivity contribution in [1.29, 1.82) is 0 Å². The zero-order valence-corrected chi connectivity index (χ0v) is 16.7. The van der Waals surface area contributed by atoms with Gasteiger partial charge in [-0.15, -0.1) is 0 Å². The first-order valence-corrected chi connectivity index (χ1v) is 9.86. The van der Waals surface area contributed by atoms with Crippen LogP contribution in [-0.4, -0.2) is 36.7 Å². The molecule has 0 spiro atoms. The lowest BCUT2D eigenvalue weighted by molar-refractivity contribution is 0.0924. The Morgan fingerprint density at radius 2 is 2.21 bits per heavy atom. The molecule has 3 aromatic rings. The van der Waals surface area contributed by atoms with Crippen LogP contribution in [0.3, 0.4) is 0 Å². The number of nitrogens with one attached hydrogen (secondary N) is 2. The van der Waals surface area contributed by atoms with Gasteiger partial charge in [0.2, 0.25) is 0 Å². The lowest BCUT2D eigenvalue weighted by atomic mass is 9.85. The maximum absolute atomic E-state index is 12.5. The van der Waals surface area contributed by atoms with Crippen molar-refractivity contribution < 1.29 is 4.79 Å². The maximum atomic E-state index is 12.5. The van der Waals surface area contributed by atoms with Crippen LogP contribution in [0, 0.1) is 6.92 Å². The second-order valence-electron chi connectivity index (χ2n) is 7.38. The molecule has 8 heteroatoms. The zero-order chi connectivity index (χ0) is 19.7. The van der Waals surface area contributed by atoms with Crippen molar-refractivity contribution in [2.24, 2.45) is 7.05 Å². The zero-order valence-electron chi connectivity index (χ0n) is 15.9. The van der Waals surface area contributed by atoms with Crippen LogP contribution in [0.2, 0.25) is 5.02 Å². The van der Waals surface area contributed by atoms with E-state index in [0.29, 0.717) is 16.4 Å². The molecule has 2 heterocycles. The van der Waals surface area contributed by atoms with Gasteiger partial charge in [-0.2, -0.15) is 5.10 Å². The number of hydrogen-bond donors (Lipinski definition) is 2. The Labute approximate surface area is 168 Å². The first-order valence-electron chi connectivity index (χ1n) is 9.48. The largest absolute Gasteiger partial charge is 0.349 e. The third-order valence-corrected chi connectivity index (χ3v) is 5.55. The molecular weight excluding hydrogens is 376 g/mol. The second-order valence-corrected chi connectivity index (χ2v) is 7.81. The predicted octanol–water partition coefficient (Wildman–Crippen LogP) is 3.62. The first-order chi connectivity index (χ1) is 13.5. The number of nitrogens with zero attached hydrogens (tertiary/aromatic N) is 4. The van der Waals surface area contributed by atoms with Gasteiger partial charge in [0.05, 0.1) is 12.0 Å². The van der Waals surface area contributed by atoms with Crippen LogP contribution in [0.1, 0.15) is 53.5 Å². The van der Waals surface area contributed by atoms with Crippen LogP contribution in [0.4, 0.5) is 0 Å². The smallest absolute Gasteiger partial charge is 0.251 e. The molecule has 7 nitrogen and oxygen atoms in total. The van der Waals surface area contributed by atoms with Gasteiger partial charge in [-0.3, -0.25) is 9.89 Å². The lowest BCUT2D eigenvalue weighted by Crippen LogP contribution is -2.38. The van der Waals surface area contributed by atoms with E-state index in [2.05, 4.69) is 20.5 Å². The average molecular weight is 399 g/mol. The fourth-order valence-electron chi connectivity index (χ4n) is 3.90. The Morgan fingerprint density at radius 1 is 1.36 bits per heavy atom. The van der Waals surface area contributed by atoms with E-state index in [9.17, 15) is 4.79 Å². The van der Waals surface area contributed by atoms with Gasteiger partial charge in [0.15, 0.2) is 5.82 Å². The monoisotopic (exact) mass is 398 g/mol. The number of carbonyl (C=O) groups excluding carboxylic acids is 1. The van der Waals surface area contributed by atoms with Crippen molar-refractivity contribution in [2.45, 2.75) is 44.6 Å². The highest BCUT2D eigenvalue weighted by Crippen LogP contribution is 2.32. The number of halogens is 1. The van der Waals surface area contributed by atoms with E-state index >= 15 is 0 Å². The molecule has 1 amide bonds. The molecule has 1 aliphatic carbocycles. The summed E-state index contributed by atoms with van der Waals surface area (Å²) in [5.41, 5.74) is 2.41. The third-order valence-electron chi connectivity index (χ3n) is 5.32. The highest BCUT2D eigenvalue weighted by Gasteiger charge is 2.27. The fourth-order valence-corrected chi connectivity index (χ4v) is 4.09. The molecule has 0 aliphatic heterocycles. The fraction of sp³-hybridized carbons (Fsp3) is 0.400. The number of aromatic nitrogens is 5. The minimum atomic E-state index is -0.0862. The number of imidazole rings is 1. The Hall–Kier alpha value is -2.67. The van der Waals surface area contributed by atoms with E-state index in [4.69, 9.17) is 16.6 Å². The van der Waals surface area contributed by atoms with Gasteiger partial charge in [0.25, 0.3) is 5.91 Å². The molecule has 1 aromatic carbocycles. The van der Waals surface area contributed by atoms with Crippen LogP contribution in [-0.2, 0) is 7.05 Å². The number of amides is 1. The maximum Gasteiger partial charge on any atom is 0.251 e. The van der Waals surface area contributed by atoms with Gasteiger partial charge < -0.3 is 9.88 Å². The highest BCUT2D eigenvalue weighted by atomic mass is 35.5. The molecule has 0 saturated heterocycles. The molecule has 1 fully saturated rings. The molecule has 2 unspecified atom stereocenters. The van der Waals surface area contributed by atoms with Gasteiger partial charge in [-0.25, -0.2) is 9.97 Å². The molecular formula is C20H23ClN6O. The number of carbonyl (C=O) groups is 1. The molecule has 0 bridgehead atoms. The molecule has 146 valence electrons. The molecule has 2 atom stereocenters. The summed E-state index contributed by atoms with van der Waals surface area (Å²) >= 11 is 6.00. The Morgan fingerprint density at radius 3 is 2.96 bits per heavy atom. The number of aromatic amines is 1. The summed E-state index contributed by atoms with van der Waals surface area (Å²) in [6.07, 6.45) is 5.63. The number of benzene rings is 1. The minimum absolute atomic E-state index is 0.0862. The molecule has 4 rings (SSSR count). The van der Waals surface area contributed by atoms with E-state index in [1.54, 1.807) is 30.6 Å². The lowest BCUT2D eigenvalue weighted by Gasteiger charge is -2.28. The van der Waals surface area contributed by atoms with Crippen LogP contribution >= 0.6 is 11.6 Å². The summed E-state index contributed by atoms with van der Waals surface area (Å²) in [4.78, 5) is 21.6. The normalized spacial score (nSPS) is 19.5. The number of rotatable bonds is 4. The van der Waals surface area contributed by atoms with E-state index in [-0.39, 0.29) is 17.9 Å². The van der Waals surface area contributed by atoms with Crippen molar-refractivity contribution in [3.8, 4) is 11.5 Å². The number of hydrogen-bond acceptors (Lipinski definition) is 4. The summed E-state index contributed by atoms with van der Waals surface area (Å²) in [7, 11) is 1.94. The molecule has 1 aliphatic rings. The van der Waals surface area contributed by atoms with Gasteiger partial charge >= 0.3 is 0 Å². The standard InChI is InChI=1S/C20H23ClN6O/c1-12-17(27(2)11-22-12)19-24-18(25-26-19)13-5-4-8-16(10-13)23-20(28)14-6-3-7-15(21)9-14/h3,6-7,9,11,13,16H,4-5,8,10H2,1-2H3,(H,23,28)(H,24,25,26). The molecule has 28 heavy (non-hydrogen) atoms. The summed E-state index contributed by atoms with van der Waals surface area (Å²) in [5, 5.41) is 11.2. The third kappa shape index (κ3) is 3.80. The van der Waals surface area contributed by atoms with Gasteiger partial charge in [-0.05, 0) is 44.4 Å². The summed E-state index contributed by atoms with van der Waals surface area (Å²) < 4.78 is 1.93. The second kappa shape index (κ2) is 7.75. The number of aryl methyl sites for hydroxylation is 2. The van der Waals surface area contributed by atoms with E-state index in [0.717, 1.165) is 42.9 Å². The van der Waals surface area contributed by atoms with E-state index in [1.165, 1.54) is 0 Å². The van der Waals surface area contributed by atoms with Crippen LogP contribution in [0.25, 0.3) is 11.5 Å². The van der Waals surface area contributed by atoms with Crippen molar-refractivity contribution in [1.82, 2.24) is 30.0 Å². The van der Waals surface area contributed by atoms with Crippen molar-refractivity contribution >= 4 is 17.5 Å². The van der Waals surface area contributed by atoms with Crippen molar-refractivity contribution in [3.05, 3.63) is 52.7 Å². The molecule has 0 radical (unpaired) electrons. The van der Waals surface area contributed by atoms with Gasteiger partial charge in [-0.1, -0.05) is 24.1 Å². The van der Waals surface area contributed by atoms with Crippen molar-refractivity contribution in [3.63, 3.8) is 0 Å². The molecule has 2 aromatic heterocycles. The SMILES string of the molecule is Cc1ncn(C)c1-c1n[nH]c(C2CCCC(NC(=O)c3cccc(Cl)c3)C2)n1. The Bertz CT molecular complexity index is 975. The number of H-pyrrole nitrogens is 1. The molecule has 1 saturated carbocycles. The van der Waals surface area contributed by atoms with Crippen LogP contribution in [0.5, 0.6) is 0 Å². The Kier molecular flexibility index (Phi) is 5.17. The first kappa shape index (κ1) is 18.7. The van der Waals surface area contributed by atoms with Crippen molar-refractivity contribution in [2.75, 3.05) is 0 Å². The average Bonchev–Trinajstić information content (AvgIpc) is 3.28.